The van der Waals surface area contributed by atoms with Crippen LogP contribution >= 0.6 is 0 Å². The van der Waals surface area contributed by atoms with Gasteiger partial charge < -0.3 is 9.84 Å². The lowest BCUT2D eigenvalue weighted by molar-refractivity contribution is 0.0863. The van der Waals surface area contributed by atoms with Crippen molar-refractivity contribution >= 4 is 32.3 Å². The zero-order valence-electron chi connectivity index (χ0n) is 16.6. The van der Waals surface area contributed by atoms with E-state index in [0.29, 0.717) is 17.2 Å². The fraction of sp³-hybridized carbons (Fsp3) is 0.364. The number of rotatable bonds is 8. The van der Waals surface area contributed by atoms with Crippen LogP contribution in [0.3, 0.4) is 0 Å². The lowest BCUT2D eigenvalue weighted by Gasteiger charge is -2.03. The molecule has 156 valence electrons. The maximum atomic E-state index is 13.2. The van der Waals surface area contributed by atoms with Gasteiger partial charge in [-0.25, -0.2) is 0 Å². The molecule has 6 rings (SSSR count). The number of hydrogen-bond acceptors (Lipinski definition) is 6. The molecule has 4 heterocycles. The summed E-state index contributed by atoms with van der Waals surface area (Å²) in [6.45, 7) is 2.30. The molecule has 4 aromatic heterocycles. The van der Waals surface area contributed by atoms with Gasteiger partial charge in [-0.3, -0.25) is 28.3 Å². The minimum absolute atomic E-state index is 0.00944. The molecule has 0 radical (unpaired) electrons. The fourth-order valence-electron chi connectivity index (χ4n) is 4.02. The molecular formula is C22H22N2O6. The Labute approximate surface area is 170 Å². The number of nitrogens with zero attached hydrogens (tertiary/aromatic N) is 2. The summed E-state index contributed by atoms with van der Waals surface area (Å²) in [6.07, 6.45) is 1.50. The van der Waals surface area contributed by atoms with E-state index in [2.05, 4.69) is 0 Å². The SMILES string of the molecule is CCCCn1c(=O)c2ccc(c1=O)c1c3ccc(c(=O)n(CCOCCO)c3=O)c21. The van der Waals surface area contributed by atoms with Gasteiger partial charge in [-0.2, -0.15) is 0 Å². The van der Waals surface area contributed by atoms with Crippen molar-refractivity contribution in [3.8, 4) is 0 Å². The van der Waals surface area contributed by atoms with Gasteiger partial charge in [-0.1, -0.05) is 13.3 Å². The highest BCUT2D eigenvalue weighted by molar-refractivity contribution is 6.22. The molecule has 0 aliphatic heterocycles. The predicted octanol–water partition coefficient (Wildman–Crippen LogP) is 0.875. The largest absolute Gasteiger partial charge is 0.394 e. The van der Waals surface area contributed by atoms with Gasteiger partial charge in [0.05, 0.1) is 26.4 Å². The van der Waals surface area contributed by atoms with E-state index in [9.17, 15) is 19.2 Å². The van der Waals surface area contributed by atoms with Crippen molar-refractivity contribution in [1.29, 1.82) is 0 Å². The average molecular weight is 410 g/mol. The molecular weight excluding hydrogens is 388 g/mol. The number of fused-ring (bicyclic) bond motifs is 6. The Kier molecular flexibility index (Phi) is 5.36. The number of benzene rings is 2. The first-order valence-corrected chi connectivity index (χ1v) is 10.0. The summed E-state index contributed by atoms with van der Waals surface area (Å²) in [4.78, 5) is 52.6. The van der Waals surface area contributed by atoms with Gasteiger partial charge in [0.2, 0.25) is 0 Å². The molecule has 0 spiro atoms. The Balaban J connectivity index is 2.12. The smallest absolute Gasteiger partial charge is 0.261 e. The summed E-state index contributed by atoms with van der Waals surface area (Å²) in [5.41, 5.74) is -1.95. The molecule has 6 aromatic rings. The fourth-order valence-corrected chi connectivity index (χ4v) is 4.02. The van der Waals surface area contributed by atoms with Crippen molar-refractivity contribution in [2.45, 2.75) is 32.9 Å². The summed E-state index contributed by atoms with van der Waals surface area (Å²) < 4.78 is 7.48. The third-order valence-electron chi connectivity index (χ3n) is 5.49. The second kappa shape index (κ2) is 7.97. The van der Waals surface area contributed by atoms with Crippen LogP contribution in [0.1, 0.15) is 19.8 Å². The molecule has 0 aliphatic rings. The topological polar surface area (TPSA) is 108 Å². The highest BCUT2D eigenvalue weighted by Crippen LogP contribution is 2.28. The summed E-state index contributed by atoms with van der Waals surface area (Å²) in [5.74, 6) is 0. The van der Waals surface area contributed by atoms with Gasteiger partial charge in [0, 0.05) is 38.9 Å². The molecule has 0 unspecified atom stereocenters. The molecule has 0 fully saturated rings. The van der Waals surface area contributed by atoms with Crippen molar-refractivity contribution in [2.75, 3.05) is 19.8 Å². The molecule has 0 saturated carbocycles. The van der Waals surface area contributed by atoms with Crippen molar-refractivity contribution in [3.63, 3.8) is 0 Å². The van der Waals surface area contributed by atoms with Crippen LogP contribution in [0.25, 0.3) is 32.3 Å². The highest BCUT2D eigenvalue weighted by atomic mass is 16.5. The predicted molar refractivity (Wildman–Crippen MR) is 115 cm³/mol. The van der Waals surface area contributed by atoms with Gasteiger partial charge in [0.15, 0.2) is 0 Å². The van der Waals surface area contributed by atoms with E-state index in [4.69, 9.17) is 9.84 Å². The summed E-state index contributed by atoms with van der Waals surface area (Å²) >= 11 is 0. The van der Waals surface area contributed by atoms with Crippen LogP contribution in [0.5, 0.6) is 0 Å². The van der Waals surface area contributed by atoms with Gasteiger partial charge in [0.25, 0.3) is 22.2 Å². The minimum atomic E-state index is -0.529. The molecule has 1 N–H and O–H groups in total. The normalized spacial score (nSPS) is 11.9. The molecule has 2 aromatic carbocycles. The van der Waals surface area contributed by atoms with Crippen LogP contribution in [-0.2, 0) is 17.8 Å². The number of aliphatic hydroxyl groups is 1. The molecule has 4 bridgehead atoms. The van der Waals surface area contributed by atoms with Crippen molar-refractivity contribution in [1.82, 2.24) is 9.13 Å². The standard InChI is InChI=1S/C22H22N2O6/c1-2-3-8-23-19(26)13-4-5-14(20(23)27)18-16-7-6-15(17(13)18)21(28)24(22(16)29)9-11-30-12-10-25/h4-7,25H,2-3,8-12H2,1H3. The zero-order valence-corrected chi connectivity index (χ0v) is 16.6. The summed E-state index contributed by atoms with van der Waals surface area (Å²) in [5, 5.41) is 10.5. The first kappa shape index (κ1) is 20.2. The molecule has 0 atom stereocenters. The van der Waals surface area contributed by atoms with Crippen LogP contribution in [0.15, 0.2) is 43.4 Å². The first-order valence-electron chi connectivity index (χ1n) is 10.0. The van der Waals surface area contributed by atoms with E-state index in [0.717, 1.165) is 11.0 Å². The summed E-state index contributed by atoms with van der Waals surface area (Å²) in [7, 11) is 0. The molecule has 0 aliphatic carbocycles. The van der Waals surface area contributed by atoms with Crippen LogP contribution in [0, 0.1) is 0 Å². The van der Waals surface area contributed by atoms with E-state index < -0.39 is 22.2 Å². The van der Waals surface area contributed by atoms with E-state index in [1.165, 1.54) is 4.57 Å². The van der Waals surface area contributed by atoms with E-state index in [-0.39, 0.29) is 54.5 Å². The van der Waals surface area contributed by atoms with E-state index in [1.54, 1.807) is 24.3 Å². The Hall–Kier alpha value is -3.10. The number of aromatic nitrogens is 2. The Morgan fingerprint density at radius 2 is 1.17 bits per heavy atom. The maximum absolute atomic E-state index is 13.2. The third-order valence-corrected chi connectivity index (χ3v) is 5.49. The molecule has 8 heteroatoms. The van der Waals surface area contributed by atoms with Crippen molar-refractivity contribution in [2.24, 2.45) is 0 Å². The second-order valence-electron chi connectivity index (χ2n) is 7.28. The molecule has 30 heavy (non-hydrogen) atoms. The third kappa shape index (κ3) is 3.00. The molecule has 0 saturated heterocycles. The van der Waals surface area contributed by atoms with Gasteiger partial charge in [-0.15, -0.1) is 0 Å². The van der Waals surface area contributed by atoms with Gasteiger partial charge >= 0.3 is 0 Å². The maximum Gasteiger partial charge on any atom is 0.261 e. The Morgan fingerprint density at radius 1 is 0.733 bits per heavy atom. The average Bonchev–Trinajstić information content (AvgIpc) is 3.02. The Morgan fingerprint density at radius 3 is 1.57 bits per heavy atom. The van der Waals surface area contributed by atoms with Crippen LogP contribution in [-0.4, -0.2) is 34.1 Å². The lowest BCUT2D eigenvalue weighted by atomic mass is 10.00. The summed E-state index contributed by atoms with van der Waals surface area (Å²) in [6, 6.07) is 6.21. The Bertz CT molecular complexity index is 1350. The van der Waals surface area contributed by atoms with Crippen LogP contribution < -0.4 is 22.2 Å². The van der Waals surface area contributed by atoms with Crippen molar-refractivity contribution in [3.05, 3.63) is 65.7 Å². The highest BCUT2D eigenvalue weighted by Gasteiger charge is 2.20. The number of ether oxygens (including phenoxy) is 1. The monoisotopic (exact) mass is 410 g/mol. The molecule has 8 nitrogen and oxygen atoms in total. The zero-order chi connectivity index (χ0) is 21.4. The number of unbranched alkanes of at least 4 members (excludes halogenated alkanes) is 1. The van der Waals surface area contributed by atoms with E-state index in [1.807, 2.05) is 6.92 Å². The van der Waals surface area contributed by atoms with Crippen LogP contribution in [0.2, 0.25) is 0 Å². The van der Waals surface area contributed by atoms with Crippen LogP contribution in [0.4, 0.5) is 0 Å². The van der Waals surface area contributed by atoms with Gasteiger partial charge in [-0.05, 0) is 30.7 Å². The molecule has 0 amide bonds. The second-order valence-corrected chi connectivity index (χ2v) is 7.28. The number of aliphatic hydroxyl groups excluding tert-OH is 1. The minimum Gasteiger partial charge on any atom is -0.394 e. The van der Waals surface area contributed by atoms with Crippen molar-refractivity contribution < 1.29 is 9.84 Å². The number of hydrogen-bond donors (Lipinski definition) is 1. The lowest BCUT2D eigenvalue weighted by Crippen LogP contribution is -2.31. The van der Waals surface area contributed by atoms with E-state index >= 15 is 0 Å². The quantitative estimate of drug-likeness (QED) is 0.432. The first-order chi connectivity index (χ1) is 14.5. The van der Waals surface area contributed by atoms with Gasteiger partial charge in [0.1, 0.15) is 0 Å².